The molecule has 2 rings (SSSR count). The normalized spacial score (nSPS) is 14.1. The van der Waals surface area contributed by atoms with Gasteiger partial charge in [-0.15, -0.1) is 0 Å². The second-order valence-electron chi connectivity index (χ2n) is 5.82. The summed E-state index contributed by atoms with van der Waals surface area (Å²) in [6.07, 6.45) is 2.43. The first-order valence-corrected chi connectivity index (χ1v) is 10.1. The molecule has 0 amide bonds. The van der Waals surface area contributed by atoms with Gasteiger partial charge in [0.05, 0.1) is 0 Å². The van der Waals surface area contributed by atoms with E-state index in [9.17, 15) is 0 Å². The van der Waals surface area contributed by atoms with Crippen LogP contribution in [0.5, 0.6) is 0 Å². The molecular formula is C20H26I-. The monoisotopic (exact) mass is 393 g/mol. The Hall–Kier alpha value is -0.830. The van der Waals surface area contributed by atoms with E-state index in [2.05, 4.69) is 76.2 Å². The molecule has 0 aliphatic rings. The summed E-state index contributed by atoms with van der Waals surface area (Å²) in [4.78, 5) is 0. The van der Waals surface area contributed by atoms with E-state index in [1.54, 1.807) is 0 Å². The van der Waals surface area contributed by atoms with Crippen molar-refractivity contribution in [3.05, 3.63) is 66.8 Å². The summed E-state index contributed by atoms with van der Waals surface area (Å²) in [7, 11) is 0. The minimum atomic E-state index is -0.0455. The standard InChI is InChI=1S/C20H26I/c1-5-15(3)17-7-11-19(12-8-17)21-20-13-9-18(10-14-20)16(4)6-2/h7-16H,5-6H2,1-4H3/q-1. The van der Waals surface area contributed by atoms with Crippen molar-refractivity contribution in [2.45, 2.75) is 52.4 Å². The number of hydrogen-bond acceptors (Lipinski definition) is 0. The molecule has 0 aromatic heterocycles. The molecule has 0 fully saturated rings. The first-order valence-electron chi connectivity index (χ1n) is 7.98. The van der Waals surface area contributed by atoms with Gasteiger partial charge in [0.15, 0.2) is 0 Å². The van der Waals surface area contributed by atoms with E-state index < -0.39 is 0 Å². The van der Waals surface area contributed by atoms with Gasteiger partial charge < -0.3 is 0 Å². The molecule has 21 heavy (non-hydrogen) atoms. The Morgan fingerprint density at radius 2 is 1.00 bits per heavy atom. The molecule has 2 unspecified atom stereocenters. The summed E-state index contributed by atoms with van der Waals surface area (Å²) >= 11 is -0.0455. The quantitative estimate of drug-likeness (QED) is 0.663. The predicted octanol–water partition coefficient (Wildman–Crippen LogP) is 2.84. The maximum atomic E-state index is 2.33. The zero-order chi connectivity index (χ0) is 15.2. The van der Waals surface area contributed by atoms with Crippen molar-refractivity contribution in [2.75, 3.05) is 0 Å². The van der Waals surface area contributed by atoms with Crippen LogP contribution in [0.25, 0.3) is 0 Å². The Bertz CT molecular complexity index is 488. The van der Waals surface area contributed by atoms with Crippen LogP contribution in [0.15, 0.2) is 48.5 Å². The topological polar surface area (TPSA) is 0 Å². The van der Waals surface area contributed by atoms with E-state index >= 15 is 0 Å². The van der Waals surface area contributed by atoms with Crippen molar-refractivity contribution >= 4 is 0 Å². The summed E-state index contributed by atoms with van der Waals surface area (Å²) in [5, 5.41) is 0. The molecule has 2 atom stereocenters. The van der Waals surface area contributed by atoms with Gasteiger partial charge in [0, 0.05) is 0 Å². The molecular weight excluding hydrogens is 367 g/mol. The summed E-state index contributed by atoms with van der Waals surface area (Å²) in [5.74, 6) is 1.35. The SMILES string of the molecule is CCC(C)c1ccc([I-]c2ccc(C(C)CC)cc2)cc1. The van der Waals surface area contributed by atoms with Crippen molar-refractivity contribution in [1.82, 2.24) is 0 Å². The van der Waals surface area contributed by atoms with E-state index in [0.29, 0.717) is 11.8 Å². The first kappa shape index (κ1) is 16.5. The van der Waals surface area contributed by atoms with Crippen LogP contribution in [0.1, 0.15) is 63.5 Å². The van der Waals surface area contributed by atoms with Crippen LogP contribution >= 0.6 is 0 Å². The zero-order valence-electron chi connectivity index (χ0n) is 13.6. The zero-order valence-corrected chi connectivity index (χ0v) is 15.7. The maximum absolute atomic E-state index is 2.33. The number of halogens is 1. The second-order valence-corrected chi connectivity index (χ2v) is 8.85. The molecule has 0 spiro atoms. The van der Waals surface area contributed by atoms with Gasteiger partial charge in [-0.2, -0.15) is 0 Å². The van der Waals surface area contributed by atoms with E-state index in [1.807, 2.05) is 0 Å². The molecule has 0 saturated carbocycles. The Balaban J connectivity index is 2.04. The Kier molecular flexibility index (Phi) is 6.28. The van der Waals surface area contributed by atoms with E-state index in [0.717, 1.165) is 0 Å². The number of benzene rings is 2. The molecule has 2 aromatic carbocycles. The Morgan fingerprint density at radius 3 is 1.29 bits per heavy atom. The fraction of sp³-hybridized carbons (Fsp3) is 0.400. The van der Waals surface area contributed by atoms with E-state index in [4.69, 9.17) is 0 Å². The second kappa shape index (κ2) is 7.98. The van der Waals surface area contributed by atoms with Gasteiger partial charge in [-0.25, -0.2) is 0 Å². The average Bonchev–Trinajstić information content (AvgIpc) is 2.55. The average molecular weight is 393 g/mol. The summed E-state index contributed by atoms with van der Waals surface area (Å²) in [6, 6.07) is 18.6. The molecule has 0 aliphatic heterocycles. The molecule has 0 nitrogen and oxygen atoms in total. The molecule has 0 heterocycles. The molecule has 0 bridgehead atoms. The Morgan fingerprint density at radius 1 is 0.667 bits per heavy atom. The molecule has 114 valence electrons. The number of hydrogen-bond donors (Lipinski definition) is 0. The van der Waals surface area contributed by atoms with Gasteiger partial charge in [0.1, 0.15) is 0 Å². The minimum absolute atomic E-state index is 0.0455. The summed E-state index contributed by atoms with van der Waals surface area (Å²) < 4.78 is 3.02. The van der Waals surface area contributed by atoms with Gasteiger partial charge >= 0.3 is 140 Å². The molecule has 0 radical (unpaired) electrons. The van der Waals surface area contributed by atoms with Crippen LogP contribution in [-0.4, -0.2) is 0 Å². The van der Waals surface area contributed by atoms with Gasteiger partial charge in [-0.3, -0.25) is 0 Å². The van der Waals surface area contributed by atoms with Crippen LogP contribution in [0.2, 0.25) is 0 Å². The summed E-state index contributed by atoms with van der Waals surface area (Å²) in [6.45, 7) is 9.12. The van der Waals surface area contributed by atoms with Crippen LogP contribution < -0.4 is 21.2 Å². The first-order chi connectivity index (χ1) is 10.1. The fourth-order valence-corrected chi connectivity index (χ4v) is 4.46. The third-order valence-corrected chi connectivity index (χ3v) is 7.01. The van der Waals surface area contributed by atoms with Gasteiger partial charge in [-0.1, -0.05) is 0 Å². The van der Waals surface area contributed by atoms with Crippen LogP contribution in [-0.2, 0) is 0 Å². The van der Waals surface area contributed by atoms with Crippen LogP contribution in [0, 0.1) is 7.14 Å². The molecule has 2 aromatic rings. The third kappa shape index (κ3) is 4.57. The Labute approximate surface area is 140 Å². The molecule has 0 N–H and O–H groups in total. The van der Waals surface area contributed by atoms with E-state index in [1.165, 1.54) is 31.1 Å². The van der Waals surface area contributed by atoms with Crippen molar-refractivity contribution < 1.29 is 21.2 Å². The summed E-state index contributed by atoms with van der Waals surface area (Å²) in [5.41, 5.74) is 2.94. The van der Waals surface area contributed by atoms with Crippen LogP contribution in [0.3, 0.4) is 0 Å². The molecule has 0 saturated heterocycles. The molecule has 1 heteroatoms. The van der Waals surface area contributed by atoms with Crippen molar-refractivity contribution in [1.29, 1.82) is 0 Å². The van der Waals surface area contributed by atoms with Crippen LogP contribution in [0.4, 0.5) is 0 Å². The van der Waals surface area contributed by atoms with Gasteiger partial charge in [0.25, 0.3) is 0 Å². The third-order valence-electron chi connectivity index (χ3n) is 4.32. The molecule has 0 aliphatic carbocycles. The number of rotatable bonds is 6. The van der Waals surface area contributed by atoms with Crippen molar-refractivity contribution in [3.8, 4) is 0 Å². The van der Waals surface area contributed by atoms with Crippen molar-refractivity contribution in [3.63, 3.8) is 0 Å². The fourth-order valence-electron chi connectivity index (χ4n) is 2.31. The van der Waals surface area contributed by atoms with Crippen molar-refractivity contribution in [2.24, 2.45) is 0 Å². The van der Waals surface area contributed by atoms with Gasteiger partial charge in [0.2, 0.25) is 0 Å². The predicted molar refractivity (Wildman–Crippen MR) is 87.7 cm³/mol. The van der Waals surface area contributed by atoms with E-state index in [-0.39, 0.29) is 21.2 Å². The van der Waals surface area contributed by atoms with Gasteiger partial charge in [-0.05, 0) is 0 Å².